The largest absolute Gasteiger partial charge is 0.463 e. The summed E-state index contributed by atoms with van der Waals surface area (Å²) in [4.78, 5) is 39.3. The van der Waals surface area contributed by atoms with Gasteiger partial charge in [0.25, 0.3) is 0 Å². The van der Waals surface area contributed by atoms with Crippen LogP contribution in [0.4, 0.5) is 0 Å². The molecular weight excluding hydrogens is 1030 g/mol. The van der Waals surface area contributed by atoms with E-state index in [0.29, 0.717) is 12.8 Å². The summed E-state index contributed by atoms with van der Waals surface area (Å²) in [7, 11) is 0. The highest BCUT2D eigenvalue weighted by atomic mass is 16.8. The molecule has 4 aromatic rings. The van der Waals surface area contributed by atoms with Gasteiger partial charge in [-0.1, -0.05) is 231 Å². The first-order chi connectivity index (χ1) is 39.6. The van der Waals surface area contributed by atoms with Crippen LogP contribution in [-0.4, -0.2) is 98.6 Å². The van der Waals surface area contributed by atoms with Gasteiger partial charge in [0, 0.05) is 20.8 Å². The van der Waals surface area contributed by atoms with Crippen molar-refractivity contribution in [3.8, 4) is 0 Å². The molecule has 11 atom stereocenters. The molecule has 0 aliphatic carbocycles. The highest BCUT2D eigenvalue weighted by Gasteiger charge is 2.56. The molecule has 2 fully saturated rings. The number of esters is 3. The van der Waals surface area contributed by atoms with E-state index in [-0.39, 0.29) is 45.7 Å². The third kappa shape index (κ3) is 23.8. The van der Waals surface area contributed by atoms with Gasteiger partial charge in [0.15, 0.2) is 24.8 Å². The summed E-state index contributed by atoms with van der Waals surface area (Å²) in [5.41, 5.74) is 3.56. The summed E-state index contributed by atoms with van der Waals surface area (Å²) in [6.07, 6.45) is 10.1. The predicted octanol–water partition coefficient (Wildman–Crippen LogP) is 13.4. The molecule has 6 rings (SSSR count). The zero-order valence-electron chi connectivity index (χ0n) is 48.7. The van der Waals surface area contributed by atoms with Gasteiger partial charge in [-0.05, 0) is 35.1 Å². The quantitative estimate of drug-likeness (QED) is 0.0180. The molecule has 0 amide bonds. The topological polar surface area (TPSA) is 153 Å². The van der Waals surface area contributed by atoms with Crippen LogP contribution in [0, 0.1) is 0 Å². The van der Waals surface area contributed by atoms with Gasteiger partial charge >= 0.3 is 17.9 Å². The number of ether oxygens (including phenoxy) is 11. The fourth-order valence-corrected chi connectivity index (χ4v) is 10.5. The fourth-order valence-electron chi connectivity index (χ4n) is 10.5. The summed E-state index contributed by atoms with van der Waals surface area (Å²) >= 11 is 0. The molecule has 4 aromatic carbocycles. The van der Waals surface area contributed by atoms with E-state index in [1.807, 2.05) is 127 Å². The lowest BCUT2D eigenvalue weighted by Gasteiger charge is -2.50. The maximum atomic E-state index is 13.4. The first-order valence-corrected chi connectivity index (χ1v) is 29.9. The van der Waals surface area contributed by atoms with Crippen LogP contribution in [0.15, 0.2) is 134 Å². The van der Waals surface area contributed by atoms with Crippen LogP contribution in [-0.2, 0) is 92.9 Å². The second kappa shape index (κ2) is 37.7. The lowest BCUT2D eigenvalue weighted by Crippen LogP contribution is -2.67. The number of hydrogen-bond acceptors (Lipinski definition) is 14. The molecule has 0 aromatic heterocycles. The molecule has 0 saturated carbocycles. The van der Waals surface area contributed by atoms with Crippen LogP contribution in [0.2, 0.25) is 0 Å². The minimum absolute atomic E-state index is 0.0783. The molecule has 0 bridgehead atoms. The molecule has 2 saturated heterocycles. The number of carbonyl (C=O) groups is 3. The van der Waals surface area contributed by atoms with E-state index in [1.165, 1.54) is 97.8 Å². The Kier molecular flexibility index (Phi) is 30.2. The molecule has 0 radical (unpaired) electrons. The van der Waals surface area contributed by atoms with Gasteiger partial charge in [0.2, 0.25) is 0 Å². The van der Waals surface area contributed by atoms with Crippen molar-refractivity contribution < 1.29 is 66.5 Å². The maximum absolute atomic E-state index is 13.4. The fraction of sp³-hybridized carbons (Fsp3) is 0.567. The van der Waals surface area contributed by atoms with Crippen molar-refractivity contribution in [1.82, 2.24) is 0 Å². The number of benzene rings is 4. The van der Waals surface area contributed by atoms with Crippen molar-refractivity contribution >= 4 is 17.9 Å². The highest BCUT2D eigenvalue weighted by Crippen LogP contribution is 2.37. The standard InChI is InChI=1S/C67H92O14/c1-6-8-9-10-11-12-13-14-15-16-17-18-19-20-33-43-57(34-7-2)78-67-65(77-52(5)70)63(76-51(4)69)61(58(79-67)48-71-44-53-35-25-21-26-36-53)81-66-64(75-47-56-41-31-24-32-42-56)62(74-46-55-39-29-23-30-40-55)60(59(80-66)49-72-50(3)68)73-45-54-37-27-22-28-38-54/h7,21-32,35-42,57-67H,2,6,8-20,33-34,43-49H2,1,3-5H3/t57-,58-,59-,60-,61+,62+,63+,64-,65-,66-,67-/m1/s1. The number of rotatable bonds is 39. The zero-order chi connectivity index (χ0) is 57.3. The van der Waals surface area contributed by atoms with E-state index in [2.05, 4.69) is 13.5 Å². The van der Waals surface area contributed by atoms with Crippen molar-refractivity contribution in [3.05, 3.63) is 156 Å². The Morgan fingerprint density at radius 2 is 0.889 bits per heavy atom. The highest BCUT2D eigenvalue weighted by molar-refractivity contribution is 5.67. The molecule has 2 aliphatic rings. The van der Waals surface area contributed by atoms with Crippen LogP contribution < -0.4 is 0 Å². The second-order valence-corrected chi connectivity index (χ2v) is 21.4. The Bertz CT molecular complexity index is 2320. The average Bonchev–Trinajstić information content (AvgIpc) is 3.57. The summed E-state index contributed by atoms with van der Waals surface area (Å²) in [5.74, 6) is -1.84. The van der Waals surface area contributed by atoms with E-state index in [4.69, 9.17) is 52.1 Å². The molecule has 0 N–H and O–H groups in total. The molecule has 2 heterocycles. The van der Waals surface area contributed by atoms with E-state index in [0.717, 1.165) is 41.5 Å². The van der Waals surface area contributed by atoms with Crippen LogP contribution >= 0.6 is 0 Å². The zero-order valence-corrected chi connectivity index (χ0v) is 48.7. The molecular formula is C67H92O14. The number of carbonyl (C=O) groups excluding carboxylic acids is 3. The first-order valence-electron chi connectivity index (χ1n) is 29.9. The lowest BCUT2D eigenvalue weighted by molar-refractivity contribution is -0.373. The summed E-state index contributed by atoms with van der Waals surface area (Å²) in [5, 5.41) is 0. The normalized spacial score (nSPS) is 23.1. The van der Waals surface area contributed by atoms with Crippen molar-refractivity contribution in [1.29, 1.82) is 0 Å². The van der Waals surface area contributed by atoms with Crippen LogP contribution in [0.25, 0.3) is 0 Å². The van der Waals surface area contributed by atoms with Gasteiger partial charge in [-0.2, -0.15) is 0 Å². The molecule has 0 spiro atoms. The Morgan fingerprint density at radius 1 is 0.469 bits per heavy atom. The number of hydrogen-bond donors (Lipinski definition) is 0. The van der Waals surface area contributed by atoms with Gasteiger partial charge in [0.1, 0.15) is 43.2 Å². The molecule has 81 heavy (non-hydrogen) atoms. The SMILES string of the molecule is C=CC[C@H](CCCCCCCCCCCCCCCCC)O[C@@H]1O[C@H](COCc2ccccc2)[C@H](O[C@H]2O[C@H](COC(C)=O)[C@@H](OCc3ccccc3)[C@H](OCc3ccccc3)[C@H]2OCc2ccccc2)[C@H](OC(C)=O)[C@H]1OC(C)=O. The molecule has 14 nitrogen and oxygen atoms in total. The molecule has 444 valence electrons. The third-order valence-corrected chi connectivity index (χ3v) is 14.7. The lowest BCUT2D eigenvalue weighted by atomic mass is 9.95. The molecule has 14 heteroatoms. The average molecular weight is 1120 g/mol. The number of unbranched alkanes of at least 4 members (excludes halogenated alkanes) is 14. The summed E-state index contributed by atoms with van der Waals surface area (Å²) in [6, 6.07) is 38.8. The Morgan fingerprint density at radius 3 is 1.36 bits per heavy atom. The van der Waals surface area contributed by atoms with Crippen LogP contribution in [0.1, 0.15) is 159 Å². The van der Waals surface area contributed by atoms with Gasteiger partial charge in [-0.15, -0.1) is 6.58 Å². The van der Waals surface area contributed by atoms with Crippen molar-refractivity contribution in [3.63, 3.8) is 0 Å². The predicted molar refractivity (Wildman–Crippen MR) is 310 cm³/mol. The van der Waals surface area contributed by atoms with Gasteiger partial charge in [-0.25, -0.2) is 0 Å². The Balaban J connectivity index is 1.28. The second-order valence-electron chi connectivity index (χ2n) is 21.4. The van der Waals surface area contributed by atoms with E-state index < -0.39 is 79.3 Å². The Labute approximate surface area is 482 Å². The summed E-state index contributed by atoms with van der Waals surface area (Å²) < 4.78 is 72.9. The van der Waals surface area contributed by atoms with Gasteiger partial charge in [0.05, 0.1) is 39.1 Å². The van der Waals surface area contributed by atoms with Gasteiger partial charge < -0.3 is 52.1 Å². The van der Waals surface area contributed by atoms with Crippen molar-refractivity contribution in [2.45, 2.75) is 231 Å². The van der Waals surface area contributed by atoms with E-state index in [1.54, 1.807) is 0 Å². The van der Waals surface area contributed by atoms with Crippen molar-refractivity contribution in [2.24, 2.45) is 0 Å². The van der Waals surface area contributed by atoms with Crippen LogP contribution in [0.5, 0.6) is 0 Å². The van der Waals surface area contributed by atoms with Gasteiger partial charge in [-0.3, -0.25) is 14.4 Å². The van der Waals surface area contributed by atoms with Crippen LogP contribution in [0.3, 0.4) is 0 Å². The molecule has 0 unspecified atom stereocenters. The minimum Gasteiger partial charge on any atom is -0.463 e. The van der Waals surface area contributed by atoms with E-state index >= 15 is 0 Å². The third-order valence-electron chi connectivity index (χ3n) is 14.7. The maximum Gasteiger partial charge on any atom is 0.303 e. The first kappa shape index (κ1) is 64.9. The minimum atomic E-state index is -1.34. The Hall–Kier alpha value is -5.29. The van der Waals surface area contributed by atoms with Crippen molar-refractivity contribution in [2.75, 3.05) is 13.2 Å². The summed E-state index contributed by atoms with van der Waals surface area (Å²) in [6.45, 7) is 10.5. The monoisotopic (exact) mass is 1120 g/mol. The van der Waals surface area contributed by atoms with E-state index in [9.17, 15) is 14.4 Å². The molecule has 2 aliphatic heterocycles. The smallest absolute Gasteiger partial charge is 0.303 e.